The molecule has 0 spiro atoms. The SMILES string of the molecule is CN=c1scc(-c2cccc3ccccc23)n1-c1ccccc1. The maximum Gasteiger partial charge on any atom is 0.189 e. The molecule has 1 aromatic heterocycles. The zero-order valence-electron chi connectivity index (χ0n) is 12.8. The highest BCUT2D eigenvalue weighted by Gasteiger charge is 2.11. The summed E-state index contributed by atoms with van der Waals surface area (Å²) in [4.78, 5) is 5.45. The van der Waals surface area contributed by atoms with Crippen molar-refractivity contribution in [3.8, 4) is 16.9 Å². The van der Waals surface area contributed by atoms with Crippen LogP contribution in [-0.2, 0) is 0 Å². The van der Waals surface area contributed by atoms with Crippen molar-refractivity contribution in [1.82, 2.24) is 4.57 Å². The molecule has 3 aromatic carbocycles. The van der Waals surface area contributed by atoms with Gasteiger partial charge in [0.15, 0.2) is 4.80 Å². The smallest absolute Gasteiger partial charge is 0.189 e. The van der Waals surface area contributed by atoms with Gasteiger partial charge in [0.25, 0.3) is 0 Å². The minimum atomic E-state index is 0.999. The zero-order chi connectivity index (χ0) is 15.6. The van der Waals surface area contributed by atoms with Crippen LogP contribution in [0.25, 0.3) is 27.7 Å². The Bertz CT molecular complexity index is 1020. The van der Waals surface area contributed by atoms with Gasteiger partial charge in [-0.15, -0.1) is 11.3 Å². The lowest BCUT2D eigenvalue weighted by molar-refractivity contribution is 1.00. The minimum absolute atomic E-state index is 0.999. The Morgan fingerprint density at radius 1 is 0.826 bits per heavy atom. The summed E-state index contributed by atoms with van der Waals surface area (Å²) in [6.45, 7) is 0. The number of hydrogen-bond acceptors (Lipinski definition) is 2. The summed E-state index contributed by atoms with van der Waals surface area (Å²) in [5, 5.41) is 4.71. The standard InChI is InChI=1S/C20H16N2S/c1-21-20-22(16-10-3-2-4-11-16)19(14-23-20)18-13-7-9-15-8-5-6-12-17(15)18/h2-14H,1H3. The third kappa shape index (κ3) is 2.39. The molecule has 0 fully saturated rings. The van der Waals surface area contributed by atoms with E-state index in [0.717, 1.165) is 10.5 Å². The first kappa shape index (κ1) is 14.0. The maximum atomic E-state index is 4.45. The van der Waals surface area contributed by atoms with Gasteiger partial charge in [0, 0.05) is 23.7 Å². The van der Waals surface area contributed by atoms with E-state index in [2.05, 4.69) is 81.7 Å². The van der Waals surface area contributed by atoms with Crippen molar-refractivity contribution >= 4 is 22.1 Å². The average molecular weight is 316 g/mol. The van der Waals surface area contributed by atoms with Crippen molar-refractivity contribution in [2.75, 3.05) is 7.05 Å². The second-order valence-corrected chi connectivity index (χ2v) is 6.16. The number of nitrogens with zero attached hydrogens (tertiary/aromatic N) is 2. The van der Waals surface area contributed by atoms with Gasteiger partial charge >= 0.3 is 0 Å². The highest BCUT2D eigenvalue weighted by Crippen LogP contribution is 2.30. The van der Waals surface area contributed by atoms with E-state index in [4.69, 9.17) is 0 Å². The molecular weight excluding hydrogens is 300 g/mol. The van der Waals surface area contributed by atoms with E-state index in [9.17, 15) is 0 Å². The lowest BCUT2D eigenvalue weighted by atomic mass is 10.0. The second-order valence-electron chi connectivity index (χ2n) is 5.32. The van der Waals surface area contributed by atoms with Gasteiger partial charge in [0.1, 0.15) is 0 Å². The second kappa shape index (κ2) is 5.86. The predicted molar refractivity (Wildman–Crippen MR) is 98.1 cm³/mol. The van der Waals surface area contributed by atoms with Crippen molar-refractivity contribution in [3.63, 3.8) is 0 Å². The van der Waals surface area contributed by atoms with Crippen molar-refractivity contribution < 1.29 is 0 Å². The average Bonchev–Trinajstić information content (AvgIpc) is 3.06. The Morgan fingerprint density at radius 3 is 2.39 bits per heavy atom. The normalized spacial score (nSPS) is 12.0. The van der Waals surface area contributed by atoms with Crippen LogP contribution in [-0.4, -0.2) is 11.6 Å². The molecule has 2 nitrogen and oxygen atoms in total. The van der Waals surface area contributed by atoms with E-state index >= 15 is 0 Å². The number of rotatable bonds is 2. The van der Waals surface area contributed by atoms with E-state index in [-0.39, 0.29) is 0 Å². The van der Waals surface area contributed by atoms with E-state index < -0.39 is 0 Å². The number of aromatic nitrogens is 1. The molecule has 0 bridgehead atoms. The number of para-hydroxylation sites is 1. The van der Waals surface area contributed by atoms with Gasteiger partial charge in [0.05, 0.1) is 5.69 Å². The summed E-state index contributed by atoms with van der Waals surface area (Å²) in [6, 6.07) is 25.4. The molecule has 0 amide bonds. The topological polar surface area (TPSA) is 17.3 Å². The molecule has 0 radical (unpaired) electrons. The molecule has 0 aliphatic heterocycles. The van der Waals surface area contributed by atoms with Gasteiger partial charge in [-0.05, 0) is 22.9 Å². The summed E-state index contributed by atoms with van der Waals surface area (Å²) in [7, 11) is 1.85. The molecule has 0 atom stereocenters. The molecule has 0 unspecified atom stereocenters. The van der Waals surface area contributed by atoms with E-state index in [0.29, 0.717) is 0 Å². The van der Waals surface area contributed by atoms with E-state index in [1.165, 1.54) is 22.0 Å². The van der Waals surface area contributed by atoms with Crippen molar-refractivity contribution in [2.45, 2.75) is 0 Å². The molecule has 4 aromatic rings. The van der Waals surface area contributed by atoms with Crippen LogP contribution < -0.4 is 4.80 Å². The molecule has 0 saturated carbocycles. The highest BCUT2D eigenvalue weighted by molar-refractivity contribution is 7.07. The molecule has 0 aliphatic carbocycles. The monoisotopic (exact) mass is 316 g/mol. The number of fused-ring (bicyclic) bond motifs is 1. The summed E-state index contributed by atoms with van der Waals surface area (Å²) in [6.07, 6.45) is 0. The minimum Gasteiger partial charge on any atom is -0.285 e. The van der Waals surface area contributed by atoms with Gasteiger partial charge < -0.3 is 0 Å². The molecule has 3 heteroatoms. The van der Waals surface area contributed by atoms with Crippen molar-refractivity contribution in [2.24, 2.45) is 4.99 Å². The lowest BCUT2D eigenvalue weighted by Crippen LogP contribution is -2.13. The molecule has 0 aliphatic rings. The fourth-order valence-corrected chi connectivity index (χ4v) is 3.79. The molecular formula is C20H16N2S. The Hall–Kier alpha value is -2.65. The fourth-order valence-electron chi connectivity index (χ4n) is 2.93. The van der Waals surface area contributed by atoms with Gasteiger partial charge in [0.2, 0.25) is 0 Å². The van der Waals surface area contributed by atoms with Crippen LogP contribution in [0, 0.1) is 0 Å². The quantitative estimate of drug-likeness (QED) is 0.501. The largest absolute Gasteiger partial charge is 0.285 e. The van der Waals surface area contributed by atoms with Gasteiger partial charge in [-0.25, -0.2) is 0 Å². The highest BCUT2D eigenvalue weighted by atomic mass is 32.1. The Balaban J connectivity index is 2.06. The molecule has 0 saturated heterocycles. The van der Waals surface area contributed by atoms with Gasteiger partial charge in [-0.2, -0.15) is 0 Å². The van der Waals surface area contributed by atoms with E-state index in [1.807, 2.05) is 13.1 Å². The van der Waals surface area contributed by atoms with Crippen LogP contribution in [0.5, 0.6) is 0 Å². The van der Waals surface area contributed by atoms with Crippen LogP contribution >= 0.6 is 11.3 Å². The van der Waals surface area contributed by atoms with Gasteiger partial charge in [-0.3, -0.25) is 9.56 Å². The summed E-state index contributed by atoms with van der Waals surface area (Å²) >= 11 is 1.67. The number of benzene rings is 3. The molecule has 1 heterocycles. The maximum absolute atomic E-state index is 4.45. The third-order valence-corrected chi connectivity index (χ3v) is 4.90. The first-order chi connectivity index (χ1) is 11.4. The van der Waals surface area contributed by atoms with Gasteiger partial charge in [-0.1, -0.05) is 60.7 Å². The van der Waals surface area contributed by atoms with Crippen LogP contribution in [0.2, 0.25) is 0 Å². The number of thiazole rings is 1. The Labute approximate surface area is 139 Å². The third-order valence-electron chi connectivity index (χ3n) is 3.98. The van der Waals surface area contributed by atoms with Crippen LogP contribution in [0.4, 0.5) is 0 Å². The zero-order valence-corrected chi connectivity index (χ0v) is 13.6. The summed E-state index contributed by atoms with van der Waals surface area (Å²) in [5.74, 6) is 0. The Morgan fingerprint density at radius 2 is 1.57 bits per heavy atom. The number of hydrogen-bond donors (Lipinski definition) is 0. The van der Waals surface area contributed by atoms with Crippen LogP contribution in [0.1, 0.15) is 0 Å². The van der Waals surface area contributed by atoms with Crippen LogP contribution in [0.15, 0.2) is 83.2 Å². The summed E-state index contributed by atoms with van der Waals surface area (Å²) < 4.78 is 2.23. The lowest BCUT2D eigenvalue weighted by Gasteiger charge is -2.11. The van der Waals surface area contributed by atoms with Crippen LogP contribution in [0.3, 0.4) is 0 Å². The van der Waals surface area contributed by atoms with E-state index in [1.54, 1.807) is 11.3 Å². The first-order valence-electron chi connectivity index (χ1n) is 7.55. The molecule has 4 rings (SSSR count). The van der Waals surface area contributed by atoms with Crippen molar-refractivity contribution in [1.29, 1.82) is 0 Å². The first-order valence-corrected chi connectivity index (χ1v) is 8.43. The molecule has 112 valence electrons. The Kier molecular flexibility index (Phi) is 3.56. The predicted octanol–water partition coefficient (Wildman–Crippen LogP) is 4.89. The molecule has 23 heavy (non-hydrogen) atoms. The summed E-state index contributed by atoms with van der Waals surface area (Å²) in [5.41, 5.74) is 3.55. The molecule has 0 N–H and O–H groups in total. The fraction of sp³-hybridized carbons (Fsp3) is 0.0500. The van der Waals surface area contributed by atoms with Crippen molar-refractivity contribution in [3.05, 3.63) is 83.0 Å².